The second-order valence-electron chi connectivity index (χ2n) is 12.6. The van der Waals surface area contributed by atoms with Gasteiger partial charge in [0.05, 0.1) is 5.39 Å². The molecule has 1 aromatic heterocycles. The van der Waals surface area contributed by atoms with Gasteiger partial charge in [-0.3, -0.25) is 0 Å². The average Bonchev–Trinajstić information content (AvgIpc) is 2.84. The number of aryl methyl sites for hydroxylation is 3. The molecule has 0 bridgehead atoms. The van der Waals surface area contributed by atoms with E-state index in [1.54, 1.807) is 0 Å². The largest absolute Gasteiger partial charge is 0.213 e. The zero-order chi connectivity index (χ0) is 27.6. The summed E-state index contributed by atoms with van der Waals surface area (Å²) in [5.41, 5.74) is 8.02. The highest BCUT2D eigenvalue weighted by Crippen LogP contribution is 2.45. The maximum atomic E-state index is 8.36. The Morgan fingerprint density at radius 2 is 1.63 bits per heavy atom. The Labute approximate surface area is 216 Å². The molecule has 1 heterocycles. The molecular formula is C34H42N+. The number of rotatable bonds is 2. The number of nitrogens with zero attached hydrogens (tertiary/aromatic N) is 1. The van der Waals surface area contributed by atoms with E-state index < -0.39 is 6.85 Å². The lowest BCUT2D eigenvalue weighted by molar-refractivity contribution is -0.633. The normalized spacial score (nSPS) is 18.4. The molecule has 1 fully saturated rings. The molecule has 5 rings (SSSR count). The van der Waals surface area contributed by atoms with Crippen molar-refractivity contribution in [2.45, 2.75) is 85.4 Å². The Morgan fingerprint density at radius 3 is 2.29 bits per heavy atom. The van der Waals surface area contributed by atoms with E-state index in [1.165, 1.54) is 33.0 Å². The molecule has 0 amide bonds. The lowest BCUT2D eigenvalue weighted by atomic mass is 9.70. The van der Waals surface area contributed by atoms with E-state index >= 15 is 0 Å². The molecule has 4 aromatic rings. The predicted octanol–water partition coefficient (Wildman–Crippen LogP) is 9.08. The SMILES string of the molecule is [2H]C([2H])([2H])c1cccc2c1c(C1CCC(C)(C)CC1)cc(-c1cc(C(C)(C)C)c3ccccc3c1C)[n+]2C. The molecule has 1 saturated carbocycles. The van der Waals surface area contributed by atoms with E-state index in [4.69, 9.17) is 4.11 Å². The second-order valence-corrected chi connectivity index (χ2v) is 12.6. The number of hydrogen-bond donors (Lipinski definition) is 0. The van der Waals surface area contributed by atoms with Gasteiger partial charge >= 0.3 is 0 Å². The van der Waals surface area contributed by atoms with Crippen LogP contribution in [0.3, 0.4) is 0 Å². The average molecular weight is 468 g/mol. The van der Waals surface area contributed by atoms with Crippen molar-refractivity contribution in [1.29, 1.82) is 0 Å². The Bertz CT molecular complexity index is 1530. The molecule has 1 aliphatic carbocycles. The summed E-state index contributed by atoms with van der Waals surface area (Å²) in [6, 6.07) is 19.3. The third kappa shape index (κ3) is 4.18. The minimum Gasteiger partial charge on any atom is -0.194 e. The van der Waals surface area contributed by atoms with Crippen LogP contribution in [0.15, 0.2) is 54.6 Å². The van der Waals surface area contributed by atoms with Gasteiger partial charge in [-0.05, 0) is 95.3 Å². The van der Waals surface area contributed by atoms with Crippen molar-refractivity contribution < 1.29 is 8.68 Å². The second kappa shape index (κ2) is 8.47. The fourth-order valence-electron chi connectivity index (χ4n) is 6.27. The van der Waals surface area contributed by atoms with Crippen molar-refractivity contribution in [3.63, 3.8) is 0 Å². The van der Waals surface area contributed by atoms with Crippen LogP contribution in [-0.4, -0.2) is 0 Å². The molecular weight excluding hydrogens is 422 g/mol. The van der Waals surface area contributed by atoms with Gasteiger partial charge in [0, 0.05) is 21.8 Å². The molecule has 1 heteroatoms. The zero-order valence-corrected chi connectivity index (χ0v) is 22.5. The minimum absolute atomic E-state index is 0.0102. The summed E-state index contributed by atoms with van der Waals surface area (Å²) < 4.78 is 27.3. The smallest absolute Gasteiger partial charge is 0.194 e. The number of pyridine rings is 1. The van der Waals surface area contributed by atoms with E-state index in [0.717, 1.165) is 42.3 Å². The van der Waals surface area contributed by atoms with Gasteiger partial charge in [-0.1, -0.05) is 71.0 Å². The third-order valence-corrected chi connectivity index (χ3v) is 8.52. The Balaban J connectivity index is 1.86. The van der Waals surface area contributed by atoms with E-state index in [-0.39, 0.29) is 5.41 Å². The van der Waals surface area contributed by atoms with Crippen LogP contribution in [0, 0.1) is 19.2 Å². The molecule has 0 N–H and O–H groups in total. The lowest BCUT2D eigenvalue weighted by Crippen LogP contribution is -2.33. The van der Waals surface area contributed by atoms with Crippen LogP contribution in [0.4, 0.5) is 0 Å². The maximum Gasteiger partial charge on any atom is 0.213 e. The summed E-state index contributed by atoms with van der Waals surface area (Å²) >= 11 is 0. The van der Waals surface area contributed by atoms with Gasteiger partial charge in [0.25, 0.3) is 0 Å². The molecule has 35 heavy (non-hydrogen) atoms. The number of benzene rings is 3. The van der Waals surface area contributed by atoms with Crippen molar-refractivity contribution in [2.24, 2.45) is 12.5 Å². The van der Waals surface area contributed by atoms with Crippen LogP contribution in [0.25, 0.3) is 32.9 Å². The van der Waals surface area contributed by atoms with Crippen LogP contribution in [-0.2, 0) is 12.5 Å². The van der Waals surface area contributed by atoms with Crippen LogP contribution >= 0.6 is 0 Å². The summed E-state index contributed by atoms with van der Waals surface area (Å²) in [5.74, 6) is 0.358. The summed E-state index contributed by atoms with van der Waals surface area (Å²) in [7, 11) is 2.10. The highest BCUT2D eigenvalue weighted by atomic mass is 14.9. The number of fused-ring (bicyclic) bond motifs is 2. The van der Waals surface area contributed by atoms with Crippen LogP contribution in [0.2, 0.25) is 0 Å². The predicted molar refractivity (Wildman–Crippen MR) is 151 cm³/mol. The van der Waals surface area contributed by atoms with Crippen LogP contribution in [0.1, 0.15) is 92.6 Å². The summed E-state index contributed by atoms with van der Waals surface area (Å²) in [6.07, 6.45) is 4.51. The summed E-state index contributed by atoms with van der Waals surface area (Å²) in [5, 5.41) is 3.52. The van der Waals surface area contributed by atoms with E-state index in [0.29, 0.717) is 16.9 Å². The van der Waals surface area contributed by atoms with Crippen molar-refractivity contribution in [1.82, 2.24) is 0 Å². The highest BCUT2D eigenvalue weighted by molar-refractivity contribution is 5.95. The number of aromatic nitrogens is 1. The van der Waals surface area contributed by atoms with Crippen molar-refractivity contribution in [3.05, 3.63) is 76.9 Å². The molecule has 0 atom stereocenters. The standard InChI is InChI=1S/C34H42N/c1-22-12-11-15-30-32(22)28(24-16-18-34(6,7)19-17-24)21-31(35(30)8)27-20-29(33(3,4)5)26-14-10-9-13-25(26)23(27)2/h9-15,20-21,24H,16-19H2,1-8H3/q+1/i1D3. The van der Waals surface area contributed by atoms with E-state index in [1.807, 2.05) is 12.1 Å². The van der Waals surface area contributed by atoms with E-state index in [9.17, 15) is 0 Å². The first-order chi connectivity index (χ1) is 17.7. The topological polar surface area (TPSA) is 3.88 Å². The molecule has 3 aromatic carbocycles. The fraction of sp³-hybridized carbons (Fsp3) is 0.441. The first kappa shape index (κ1) is 20.5. The Morgan fingerprint density at radius 1 is 0.943 bits per heavy atom. The van der Waals surface area contributed by atoms with Gasteiger partial charge in [-0.2, -0.15) is 4.57 Å². The molecule has 0 saturated heterocycles. The first-order valence-corrected chi connectivity index (χ1v) is 13.2. The lowest BCUT2D eigenvalue weighted by Gasteiger charge is -2.35. The fourth-order valence-corrected chi connectivity index (χ4v) is 6.27. The summed E-state index contributed by atoms with van der Waals surface area (Å²) in [4.78, 5) is 0. The van der Waals surface area contributed by atoms with Gasteiger partial charge in [0.2, 0.25) is 11.2 Å². The highest BCUT2D eigenvalue weighted by Gasteiger charge is 2.32. The third-order valence-electron chi connectivity index (χ3n) is 8.52. The Hall–Kier alpha value is -2.67. The van der Waals surface area contributed by atoms with Gasteiger partial charge in [-0.25, -0.2) is 0 Å². The van der Waals surface area contributed by atoms with Gasteiger partial charge in [0.15, 0.2) is 0 Å². The molecule has 1 nitrogen and oxygen atoms in total. The van der Waals surface area contributed by atoms with E-state index in [2.05, 4.69) is 95.6 Å². The molecule has 0 aliphatic heterocycles. The van der Waals surface area contributed by atoms with Crippen LogP contribution in [0.5, 0.6) is 0 Å². The molecule has 0 spiro atoms. The molecule has 0 radical (unpaired) electrons. The number of hydrogen-bond acceptors (Lipinski definition) is 0. The quantitative estimate of drug-likeness (QED) is 0.259. The molecule has 182 valence electrons. The van der Waals surface area contributed by atoms with Gasteiger partial charge < -0.3 is 0 Å². The Kier molecular flexibility index (Phi) is 4.97. The molecule has 1 aliphatic rings. The molecule has 0 unspecified atom stereocenters. The van der Waals surface area contributed by atoms with Gasteiger partial charge in [0.1, 0.15) is 7.05 Å². The monoisotopic (exact) mass is 467 g/mol. The van der Waals surface area contributed by atoms with Crippen molar-refractivity contribution in [2.75, 3.05) is 0 Å². The summed E-state index contributed by atoms with van der Waals surface area (Å²) in [6.45, 7) is 11.6. The van der Waals surface area contributed by atoms with Crippen LogP contribution < -0.4 is 4.57 Å². The van der Waals surface area contributed by atoms with Crippen molar-refractivity contribution in [3.8, 4) is 11.3 Å². The maximum absolute atomic E-state index is 8.36. The zero-order valence-electron chi connectivity index (χ0n) is 25.5. The first-order valence-electron chi connectivity index (χ1n) is 14.7. The van der Waals surface area contributed by atoms with Crippen molar-refractivity contribution >= 4 is 21.7 Å². The van der Waals surface area contributed by atoms with Gasteiger partial charge in [-0.15, -0.1) is 0 Å². The minimum atomic E-state index is -2.16.